The standard InChI is InChI=1S/C23H22ClN5O2S/c1-15(2)12-28-14-25-23-27-19(11-21(30)29(23)28)13-32-20-9-7-18(8-10-20)26-22(31)16-3-5-17(24)6-4-16/h3-11,14-15H,12-13H2,1-2H3,(H,26,31). The fraction of sp³-hybridized carbons (Fsp3) is 0.217. The van der Waals surface area contributed by atoms with E-state index in [0.29, 0.717) is 46.0 Å². The minimum absolute atomic E-state index is 0.135. The predicted molar refractivity (Wildman–Crippen MR) is 127 cm³/mol. The van der Waals surface area contributed by atoms with Crippen molar-refractivity contribution < 1.29 is 4.79 Å². The third kappa shape index (κ3) is 5.20. The first kappa shape index (κ1) is 22.1. The van der Waals surface area contributed by atoms with E-state index in [-0.39, 0.29) is 11.5 Å². The average molecular weight is 468 g/mol. The van der Waals surface area contributed by atoms with E-state index in [1.165, 1.54) is 4.52 Å². The molecule has 2 heterocycles. The number of hydrogen-bond donors (Lipinski definition) is 1. The van der Waals surface area contributed by atoms with Gasteiger partial charge >= 0.3 is 0 Å². The number of aromatic nitrogens is 4. The molecule has 0 radical (unpaired) electrons. The summed E-state index contributed by atoms with van der Waals surface area (Å²) < 4.78 is 3.30. The molecule has 4 aromatic rings. The predicted octanol–water partition coefficient (Wildman–Crippen LogP) is 4.75. The number of nitrogens with one attached hydrogen (secondary N) is 1. The monoisotopic (exact) mass is 467 g/mol. The highest BCUT2D eigenvalue weighted by molar-refractivity contribution is 7.98. The van der Waals surface area contributed by atoms with Crippen LogP contribution in [0.5, 0.6) is 0 Å². The molecule has 2 aromatic heterocycles. The van der Waals surface area contributed by atoms with Gasteiger partial charge in [0.25, 0.3) is 17.2 Å². The summed E-state index contributed by atoms with van der Waals surface area (Å²) >= 11 is 7.42. The van der Waals surface area contributed by atoms with Crippen molar-refractivity contribution in [3.8, 4) is 0 Å². The molecule has 0 bridgehead atoms. The summed E-state index contributed by atoms with van der Waals surface area (Å²) in [6.07, 6.45) is 1.65. The third-order valence-corrected chi connectivity index (χ3v) is 5.95. The Hall–Kier alpha value is -3.10. The van der Waals surface area contributed by atoms with E-state index in [2.05, 4.69) is 29.1 Å². The Balaban J connectivity index is 1.40. The number of benzene rings is 2. The minimum atomic E-state index is -0.197. The first-order valence-corrected chi connectivity index (χ1v) is 11.5. The molecule has 0 unspecified atom stereocenters. The van der Waals surface area contributed by atoms with Gasteiger partial charge in [-0.25, -0.2) is 4.98 Å². The van der Waals surface area contributed by atoms with E-state index in [1.54, 1.807) is 53.1 Å². The number of anilines is 1. The Morgan fingerprint density at radius 2 is 1.84 bits per heavy atom. The normalized spacial score (nSPS) is 11.2. The second kappa shape index (κ2) is 9.58. The fourth-order valence-corrected chi connectivity index (χ4v) is 4.10. The summed E-state index contributed by atoms with van der Waals surface area (Å²) in [4.78, 5) is 34.7. The van der Waals surface area contributed by atoms with Crippen LogP contribution in [0.15, 0.2) is 70.6 Å². The van der Waals surface area contributed by atoms with E-state index >= 15 is 0 Å². The van der Waals surface area contributed by atoms with Crippen LogP contribution >= 0.6 is 23.4 Å². The van der Waals surface area contributed by atoms with Crippen LogP contribution in [0.2, 0.25) is 5.02 Å². The lowest BCUT2D eigenvalue weighted by molar-refractivity contribution is 0.102. The summed E-state index contributed by atoms with van der Waals surface area (Å²) in [6.45, 7) is 4.88. The lowest BCUT2D eigenvalue weighted by atomic mass is 10.2. The van der Waals surface area contributed by atoms with E-state index in [4.69, 9.17) is 11.6 Å². The van der Waals surface area contributed by atoms with Crippen molar-refractivity contribution in [2.75, 3.05) is 5.32 Å². The van der Waals surface area contributed by atoms with Gasteiger partial charge in [0, 0.05) is 39.5 Å². The number of halogens is 1. The zero-order valence-electron chi connectivity index (χ0n) is 17.7. The van der Waals surface area contributed by atoms with Crippen LogP contribution in [0.25, 0.3) is 5.78 Å². The number of thioether (sulfide) groups is 1. The molecule has 0 aliphatic rings. The molecule has 0 aliphatic heterocycles. The van der Waals surface area contributed by atoms with Crippen LogP contribution < -0.4 is 10.9 Å². The van der Waals surface area contributed by atoms with Crippen LogP contribution in [0.1, 0.15) is 29.9 Å². The van der Waals surface area contributed by atoms with Gasteiger partial charge in [0.2, 0.25) is 0 Å². The SMILES string of the molecule is CC(C)Cn1cnc2nc(CSc3ccc(NC(=O)c4ccc(Cl)cc4)cc3)cc(=O)n21. The summed E-state index contributed by atoms with van der Waals surface area (Å²) in [7, 11) is 0. The lowest BCUT2D eigenvalue weighted by Gasteiger charge is -2.08. The van der Waals surface area contributed by atoms with Crippen LogP contribution in [-0.2, 0) is 12.3 Å². The van der Waals surface area contributed by atoms with Crippen molar-refractivity contribution in [2.24, 2.45) is 5.92 Å². The van der Waals surface area contributed by atoms with Gasteiger partial charge in [-0.3, -0.25) is 14.3 Å². The second-order valence-electron chi connectivity index (χ2n) is 7.73. The molecule has 0 saturated heterocycles. The molecule has 4 rings (SSSR count). The van der Waals surface area contributed by atoms with Gasteiger partial charge in [-0.2, -0.15) is 9.50 Å². The quantitative estimate of drug-likeness (QED) is 0.397. The van der Waals surface area contributed by atoms with Crippen molar-refractivity contribution >= 4 is 40.7 Å². The topological polar surface area (TPSA) is 81.3 Å². The Labute approximate surface area is 194 Å². The molecule has 0 spiro atoms. The molecule has 32 heavy (non-hydrogen) atoms. The number of fused-ring (bicyclic) bond motifs is 1. The molecule has 1 amide bonds. The lowest BCUT2D eigenvalue weighted by Crippen LogP contribution is -2.22. The van der Waals surface area contributed by atoms with Gasteiger partial charge in [0.05, 0.1) is 5.69 Å². The number of nitrogens with zero attached hydrogens (tertiary/aromatic N) is 4. The van der Waals surface area contributed by atoms with E-state index in [0.717, 1.165) is 4.90 Å². The maximum absolute atomic E-state index is 12.6. The molecule has 0 saturated carbocycles. The number of carbonyl (C=O) groups excluding carboxylic acids is 1. The van der Waals surface area contributed by atoms with Gasteiger partial charge in [0.15, 0.2) is 0 Å². The summed E-state index contributed by atoms with van der Waals surface area (Å²) in [5.74, 6) is 1.15. The zero-order valence-corrected chi connectivity index (χ0v) is 19.2. The van der Waals surface area contributed by atoms with Crippen LogP contribution in [0.4, 0.5) is 5.69 Å². The molecule has 0 atom stereocenters. The summed E-state index contributed by atoms with van der Waals surface area (Å²) in [6, 6.07) is 15.8. The largest absolute Gasteiger partial charge is 0.322 e. The van der Waals surface area contributed by atoms with Crippen molar-refractivity contribution in [3.63, 3.8) is 0 Å². The third-order valence-electron chi connectivity index (χ3n) is 4.65. The van der Waals surface area contributed by atoms with E-state index < -0.39 is 0 Å². The minimum Gasteiger partial charge on any atom is -0.322 e. The number of hydrogen-bond acceptors (Lipinski definition) is 5. The Bertz CT molecular complexity index is 1300. The molecule has 0 fully saturated rings. The zero-order chi connectivity index (χ0) is 22.7. The van der Waals surface area contributed by atoms with Crippen LogP contribution in [-0.4, -0.2) is 25.1 Å². The smallest absolute Gasteiger partial charge is 0.274 e. The van der Waals surface area contributed by atoms with Crippen molar-refractivity contribution in [1.82, 2.24) is 19.2 Å². The summed E-state index contributed by atoms with van der Waals surface area (Å²) in [5.41, 5.74) is 1.78. The van der Waals surface area contributed by atoms with Crippen molar-refractivity contribution in [1.29, 1.82) is 0 Å². The maximum atomic E-state index is 12.6. The number of amides is 1. The van der Waals surface area contributed by atoms with E-state index in [9.17, 15) is 9.59 Å². The highest BCUT2D eigenvalue weighted by Gasteiger charge is 2.10. The van der Waals surface area contributed by atoms with E-state index in [1.807, 2.05) is 24.3 Å². The van der Waals surface area contributed by atoms with Gasteiger partial charge in [0.1, 0.15) is 6.33 Å². The number of carbonyl (C=O) groups is 1. The van der Waals surface area contributed by atoms with Crippen molar-refractivity contribution in [3.05, 3.63) is 87.6 Å². The van der Waals surface area contributed by atoms with Gasteiger partial charge in [-0.1, -0.05) is 25.4 Å². The van der Waals surface area contributed by atoms with Gasteiger partial charge in [-0.05, 0) is 54.4 Å². The Morgan fingerprint density at radius 1 is 1.12 bits per heavy atom. The molecule has 0 aliphatic carbocycles. The highest BCUT2D eigenvalue weighted by Crippen LogP contribution is 2.24. The maximum Gasteiger partial charge on any atom is 0.274 e. The fourth-order valence-electron chi connectivity index (χ4n) is 3.18. The molecule has 164 valence electrons. The second-order valence-corrected chi connectivity index (χ2v) is 9.22. The van der Waals surface area contributed by atoms with Gasteiger partial charge in [-0.15, -0.1) is 11.8 Å². The highest BCUT2D eigenvalue weighted by atomic mass is 35.5. The Morgan fingerprint density at radius 3 is 2.53 bits per heavy atom. The average Bonchev–Trinajstić information content (AvgIpc) is 3.16. The number of rotatable bonds is 7. The molecular weight excluding hydrogens is 446 g/mol. The molecule has 2 aromatic carbocycles. The van der Waals surface area contributed by atoms with Crippen LogP contribution in [0, 0.1) is 5.92 Å². The van der Waals surface area contributed by atoms with Crippen LogP contribution in [0.3, 0.4) is 0 Å². The molecule has 7 nitrogen and oxygen atoms in total. The Kier molecular flexibility index (Phi) is 6.62. The first-order chi connectivity index (χ1) is 15.4. The summed E-state index contributed by atoms with van der Waals surface area (Å²) in [5, 5.41) is 3.45. The molecular formula is C23H22ClN5O2S. The van der Waals surface area contributed by atoms with Crippen molar-refractivity contribution in [2.45, 2.75) is 31.0 Å². The molecule has 1 N–H and O–H groups in total. The van der Waals surface area contributed by atoms with Gasteiger partial charge < -0.3 is 5.32 Å². The molecule has 9 heteroatoms. The first-order valence-electron chi connectivity index (χ1n) is 10.1.